The van der Waals surface area contributed by atoms with Gasteiger partial charge in [0.05, 0.1) is 21.6 Å². The Labute approximate surface area is 126 Å². The van der Waals surface area contributed by atoms with Crippen LogP contribution < -0.4 is 0 Å². The maximum Gasteiger partial charge on any atom is 0.138 e. The lowest BCUT2D eigenvalue weighted by atomic mass is 10.1. The Morgan fingerprint density at radius 3 is 2.62 bits per heavy atom. The molecule has 0 saturated carbocycles. The van der Waals surface area contributed by atoms with E-state index in [0.717, 1.165) is 39.0 Å². The molecule has 0 spiro atoms. The molecule has 0 fully saturated rings. The number of fused-ring (bicyclic) bond motifs is 3. The Hall–Kier alpha value is -2.39. The van der Waals surface area contributed by atoms with Crippen molar-refractivity contribution < 1.29 is 0 Å². The van der Waals surface area contributed by atoms with E-state index in [1.807, 2.05) is 55.5 Å². The van der Waals surface area contributed by atoms with Crippen molar-refractivity contribution in [2.45, 2.75) is 6.92 Å². The molecule has 0 amide bonds. The van der Waals surface area contributed by atoms with E-state index < -0.39 is 0 Å². The van der Waals surface area contributed by atoms with Crippen molar-refractivity contribution in [2.75, 3.05) is 0 Å². The summed E-state index contributed by atoms with van der Waals surface area (Å²) in [7, 11) is 0. The van der Waals surface area contributed by atoms with Gasteiger partial charge in [0.15, 0.2) is 0 Å². The quantitative estimate of drug-likeness (QED) is 0.551. The molecule has 4 heteroatoms. The van der Waals surface area contributed by atoms with Crippen LogP contribution in [0, 0.1) is 6.92 Å². The molecule has 4 aromatic rings. The number of hydrogen-bond acceptors (Lipinski definition) is 2. The SMILES string of the molecule is Cc1cc(Cl)c2c(ccc3[nH]c(-c4ccccc4)nc32)n1. The number of hydrogen-bond donors (Lipinski definition) is 1. The van der Waals surface area contributed by atoms with Crippen LogP contribution in [0.1, 0.15) is 5.69 Å². The average Bonchev–Trinajstić information content (AvgIpc) is 2.91. The molecule has 0 aliphatic heterocycles. The van der Waals surface area contributed by atoms with Crippen LogP contribution in [0.5, 0.6) is 0 Å². The third kappa shape index (κ3) is 1.98. The first kappa shape index (κ1) is 12.4. The normalized spacial score (nSPS) is 11.3. The fraction of sp³-hybridized carbons (Fsp3) is 0.0588. The molecule has 0 atom stereocenters. The third-order valence-electron chi connectivity index (χ3n) is 3.55. The fourth-order valence-electron chi connectivity index (χ4n) is 2.60. The predicted octanol–water partition coefficient (Wildman–Crippen LogP) is 4.74. The Kier molecular flexibility index (Phi) is 2.69. The topological polar surface area (TPSA) is 41.6 Å². The van der Waals surface area contributed by atoms with E-state index in [-0.39, 0.29) is 0 Å². The van der Waals surface area contributed by atoms with Gasteiger partial charge >= 0.3 is 0 Å². The predicted molar refractivity (Wildman–Crippen MR) is 86.6 cm³/mol. The van der Waals surface area contributed by atoms with Crippen LogP contribution in [0.15, 0.2) is 48.5 Å². The number of aromatic nitrogens is 3. The van der Waals surface area contributed by atoms with Gasteiger partial charge in [-0.2, -0.15) is 0 Å². The third-order valence-corrected chi connectivity index (χ3v) is 3.85. The highest BCUT2D eigenvalue weighted by molar-refractivity contribution is 6.37. The summed E-state index contributed by atoms with van der Waals surface area (Å²) in [5.74, 6) is 0.842. The minimum Gasteiger partial charge on any atom is -0.338 e. The standard InChI is InChI=1S/C17H12ClN3/c1-10-9-12(18)15-13(19-10)7-8-14-16(15)21-17(20-14)11-5-3-2-4-6-11/h2-9H,1H3,(H,20,21). The molecule has 3 nitrogen and oxygen atoms in total. The Morgan fingerprint density at radius 2 is 1.81 bits per heavy atom. The maximum atomic E-state index is 6.40. The molecule has 21 heavy (non-hydrogen) atoms. The van der Waals surface area contributed by atoms with Crippen molar-refractivity contribution in [3.8, 4) is 11.4 Å². The maximum absolute atomic E-state index is 6.40. The van der Waals surface area contributed by atoms with Crippen LogP contribution in [0.2, 0.25) is 5.02 Å². The minimum absolute atomic E-state index is 0.689. The number of halogens is 1. The number of rotatable bonds is 1. The van der Waals surface area contributed by atoms with Gasteiger partial charge in [0.25, 0.3) is 0 Å². The number of H-pyrrole nitrogens is 1. The first-order chi connectivity index (χ1) is 10.2. The lowest BCUT2D eigenvalue weighted by Gasteiger charge is -2.02. The van der Waals surface area contributed by atoms with Crippen molar-refractivity contribution in [3.63, 3.8) is 0 Å². The molecule has 2 aromatic heterocycles. The summed E-state index contributed by atoms with van der Waals surface area (Å²) >= 11 is 6.40. The highest BCUT2D eigenvalue weighted by Gasteiger charge is 2.11. The van der Waals surface area contributed by atoms with E-state index >= 15 is 0 Å². The van der Waals surface area contributed by atoms with Crippen molar-refractivity contribution in [3.05, 3.63) is 59.2 Å². The highest BCUT2D eigenvalue weighted by atomic mass is 35.5. The molecule has 0 bridgehead atoms. The van der Waals surface area contributed by atoms with Gasteiger partial charge in [-0.05, 0) is 25.1 Å². The molecular formula is C17H12ClN3. The minimum atomic E-state index is 0.689. The zero-order valence-corrected chi connectivity index (χ0v) is 12.1. The van der Waals surface area contributed by atoms with Crippen molar-refractivity contribution in [1.82, 2.24) is 15.0 Å². The molecule has 2 aromatic carbocycles. The van der Waals surface area contributed by atoms with Crippen molar-refractivity contribution in [1.29, 1.82) is 0 Å². The van der Waals surface area contributed by atoms with Gasteiger partial charge in [-0.3, -0.25) is 4.98 Å². The monoisotopic (exact) mass is 293 g/mol. The highest BCUT2D eigenvalue weighted by Crippen LogP contribution is 2.31. The van der Waals surface area contributed by atoms with E-state index in [1.165, 1.54) is 0 Å². The number of imidazole rings is 1. The van der Waals surface area contributed by atoms with E-state index in [1.54, 1.807) is 0 Å². The summed E-state index contributed by atoms with van der Waals surface area (Å²) in [6.07, 6.45) is 0. The van der Waals surface area contributed by atoms with E-state index in [4.69, 9.17) is 16.6 Å². The summed E-state index contributed by atoms with van der Waals surface area (Å²) in [5.41, 5.74) is 4.67. The van der Waals surface area contributed by atoms with Crippen molar-refractivity contribution >= 4 is 33.5 Å². The van der Waals surface area contributed by atoms with Gasteiger partial charge in [0.2, 0.25) is 0 Å². The number of aryl methyl sites for hydroxylation is 1. The molecule has 0 saturated heterocycles. The zero-order chi connectivity index (χ0) is 14.4. The van der Waals surface area contributed by atoms with Crippen LogP contribution in [0.3, 0.4) is 0 Å². The molecule has 4 rings (SSSR count). The van der Waals surface area contributed by atoms with Crippen LogP contribution in [-0.4, -0.2) is 15.0 Å². The lowest BCUT2D eigenvalue weighted by molar-refractivity contribution is 1.26. The lowest BCUT2D eigenvalue weighted by Crippen LogP contribution is -1.86. The summed E-state index contributed by atoms with van der Waals surface area (Å²) < 4.78 is 0. The van der Waals surface area contributed by atoms with Crippen LogP contribution in [-0.2, 0) is 0 Å². The van der Waals surface area contributed by atoms with Crippen LogP contribution >= 0.6 is 11.6 Å². The van der Waals surface area contributed by atoms with E-state index in [0.29, 0.717) is 5.02 Å². The molecule has 0 aliphatic carbocycles. The van der Waals surface area contributed by atoms with Crippen molar-refractivity contribution in [2.24, 2.45) is 0 Å². The van der Waals surface area contributed by atoms with Crippen LogP contribution in [0.25, 0.3) is 33.3 Å². The first-order valence-electron chi connectivity index (χ1n) is 6.73. The summed E-state index contributed by atoms with van der Waals surface area (Å²) in [6.45, 7) is 1.94. The molecular weight excluding hydrogens is 282 g/mol. The van der Waals surface area contributed by atoms with E-state index in [2.05, 4.69) is 9.97 Å². The van der Waals surface area contributed by atoms with Gasteiger partial charge in [0.1, 0.15) is 5.82 Å². The van der Waals surface area contributed by atoms with Gasteiger partial charge in [0, 0.05) is 16.6 Å². The summed E-state index contributed by atoms with van der Waals surface area (Å²) in [5, 5.41) is 1.59. The molecule has 102 valence electrons. The zero-order valence-electron chi connectivity index (χ0n) is 11.4. The number of nitrogens with one attached hydrogen (secondary N) is 1. The molecule has 1 N–H and O–H groups in total. The largest absolute Gasteiger partial charge is 0.338 e. The number of pyridine rings is 1. The fourth-order valence-corrected chi connectivity index (χ4v) is 2.95. The first-order valence-corrected chi connectivity index (χ1v) is 7.11. The second-order valence-corrected chi connectivity index (χ2v) is 5.46. The Bertz CT molecular complexity index is 958. The molecule has 0 unspecified atom stereocenters. The average molecular weight is 294 g/mol. The molecule has 0 aliphatic rings. The molecule has 0 radical (unpaired) electrons. The van der Waals surface area contributed by atoms with Gasteiger partial charge in [-0.15, -0.1) is 0 Å². The van der Waals surface area contributed by atoms with E-state index in [9.17, 15) is 0 Å². The Balaban J connectivity index is 2.06. The second-order valence-electron chi connectivity index (χ2n) is 5.05. The molecule has 2 heterocycles. The number of aromatic amines is 1. The van der Waals surface area contributed by atoms with Crippen LogP contribution in [0.4, 0.5) is 0 Å². The second kappa shape index (κ2) is 4.57. The van der Waals surface area contributed by atoms with Gasteiger partial charge < -0.3 is 4.98 Å². The Morgan fingerprint density at radius 1 is 1.00 bits per heavy atom. The van der Waals surface area contributed by atoms with Gasteiger partial charge in [-0.1, -0.05) is 41.9 Å². The summed E-state index contributed by atoms with van der Waals surface area (Å²) in [6, 6.07) is 15.9. The summed E-state index contributed by atoms with van der Waals surface area (Å²) in [4.78, 5) is 12.6. The number of benzene rings is 2. The number of nitrogens with zero attached hydrogens (tertiary/aromatic N) is 2. The van der Waals surface area contributed by atoms with Gasteiger partial charge in [-0.25, -0.2) is 4.98 Å². The smallest absolute Gasteiger partial charge is 0.138 e.